The highest BCUT2D eigenvalue weighted by Gasteiger charge is 2.05. The van der Waals surface area contributed by atoms with Gasteiger partial charge >= 0.3 is 0 Å². The Kier molecular flexibility index (Phi) is 3.22. The molecule has 0 atom stereocenters. The van der Waals surface area contributed by atoms with Gasteiger partial charge in [-0.15, -0.1) is 0 Å². The minimum atomic E-state index is -0.153. The van der Waals surface area contributed by atoms with Crippen LogP contribution in [-0.4, -0.2) is 10.9 Å². The Labute approximate surface area is 98.9 Å². The van der Waals surface area contributed by atoms with E-state index in [2.05, 4.69) is 16.4 Å². The van der Waals surface area contributed by atoms with Crippen molar-refractivity contribution in [2.24, 2.45) is 0 Å². The van der Waals surface area contributed by atoms with Crippen LogP contribution in [-0.2, 0) is 6.42 Å². The Hall–Kier alpha value is -2.54. The molecule has 0 aliphatic rings. The first-order chi connectivity index (χ1) is 8.29. The number of hydrogen-bond donors (Lipinski definition) is 2. The number of carbonyl (C=O) groups is 1. The number of amides is 1. The number of hydrogen-bond acceptors (Lipinski definition) is 2. The molecule has 1 aromatic heterocycles. The van der Waals surface area contributed by atoms with Crippen molar-refractivity contribution in [1.29, 1.82) is 5.26 Å². The molecule has 4 nitrogen and oxygen atoms in total. The van der Waals surface area contributed by atoms with E-state index in [0.29, 0.717) is 12.0 Å². The molecule has 17 heavy (non-hydrogen) atoms. The topological polar surface area (TPSA) is 68.7 Å². The van der Waals surface area contributed by atoms with Gasteiger partial charge in [-0.25, -0.2) is 0 Å². The summed E-state index contributed by atoms with van der Waals surface area (Å²) >= 11 is 0. The second-order valence-corrected chi connectivity index (χ2v) is 3.59. The van der Waals surface area contributed by atoms with Gasteiger partial charge in [0.2, 0.25) is 0 Å². The van der Waals surface area contributed by atoms with E-state index in [1.165, 1.54) is 0 Å². The van der Waals surface area contributed by atoms with Crippen LogP contribution >= 0.6 is 0 Å². The second kappa shape index (κ2) is 4.99. The molecule has 1 amide bonds. The lowest BCUT2D eigenvalue weighted by Gasteiger charge is -2.04. The fourth-order valence-electron chi connectivity index (χ4n) is 1.47. The quantitative estimate of drug-likeness (QED) is 0.841. The van der Waals surface area contributed by atoms with E-state index < -0.39 is 0 Å². The molecule has 1 heterocycles. The zero-order valence-corrected chi connectivity index (χ0v) is 9.10. The highest BCUT2D eigenvalue weighted by molar-refractivity contribution is 6.04. The number of nitrogens with one attached hydrogen (secondary N) is 2. The maximum Gasteiger partial charge on any atom is 0.257 e. The van der Waals surface area contributed by atoms with E-state index in [9.17, 15) is 4.79 Å². The number of H-pyrrole nitrogens is 1. The summed E-state index contributed by atoms with van der Waals surface area (Å²) in [5.41, 5.74) is 2.25. The molecule has 2 N–H and O–H groups in total. The number of aromatic nitrogens is 1. The van der Waals surface area contributed by atoms with Crippen molar-refractivity contribution in [3.63, 3.8) is 0 Å². The number of rotatable bonds is 3. The van der Waals surface area contributed by atoms with E-state index in [0.717, 1.165) is 11.3 Å². The minimum absolute atomic E-state index is 0.153. The minimum Gasteiger partial charge on any atom is -0.367 e. The third kappa shape index (κ3) is 2.73. The number of nitrogens with zero attached hydrogens (tertiary/aromatic N) is 1. The van der Waals surface area contributed by atoms with Crippen LogP contribution in [0.1, 0.15) is 15.9 Å². The van der Waals surface area contributed by atoms with Crippen LogP contribution < -0.4 is 5.32 Å². The molecule has 0 spiro atoms. The van der Waals surface area contributed by atoms with Gasteiger partial charge < -0.3 is 10.3 Å². The number of benzene rings is 1. The molecular formula is C13H11N3O. The molecule has 0 radical (unpaired) electrons. The van der Waals surface area contributed by atoms with Crippen LogP contribution in [0.2, 0.25) is 0 Å². The average Bonchev–Trinajstić information content (AvgIpc) is 2.86. The maximum atomic E-state index is 11.7. The lowest BCUT2D eigenvalue weighted by Crippen LogP contribution is -2.10. The molecule has 2 rings (SSSR count). The molecular weight excluding hydrogens is 214 g/mol. The Morgan fingerprint density at radius 2 is 2.06 bits per heavy atom. The zero-order chi connectivity index (χ0) is 12.1. The molecule has 0 bridgehead atoms. The van der Waals surface area contributed by atoms with Gasteiger partial charge in [-0.3, -0.25) is 4.79 Å². The van der Waals surface area contributed by atoms with Gasteiger partial charge in [-0.1, -0.05) is 12.1 Å². The SMILES string of the molecule is N#CCc1ccc(NC(=O)c2cc[nH]c2)cc1. The monoisotopic (exact) mass is 225 g/mol. The van der Waals surface area contributed by atoms with Gasteiger partial charge in [0.25, 0.3) is 5.91 Å². The lowest BCUT2D eigenvalue weighted by atomic mass is 10.1. The summed E-state index contributed by atoms with van der Waals surface area (Å²) in [4.78, 5) is 14.5. The molecule has 0 aliphatic heterocycles. The fourth-order valence-corrected chi connectivity index (χ4v) is 1.47. The van der Waals surface area contributed by atoms with Crippen molar-refractivity contribution in [3.8, 4) is 6.07 Å². The molecule has 0 unspecified atom stereocenters. The number of carbonyl (C=O) groups excluding carboxylic acids is 1. The van der Waals surface area contributed by atoms with Crippen LogP contribution in [0.3, 0.4) is 0 Å². The molecule has 0 saturated heterocycles. The Morgan fingerprint density at radius 1 is 1.29 bits per heavy atom. The maximum absolute atomic E-state index is 11.7. The predicted octanol–water partition coefficient (Wildman–Crippen LogP) is 2.33. The third-order valence-electron chi connectivity index (χ3n) is 2.36. The van der Waals surface area contributed by atoms with Crippen LogP contribution in [0, 0.1) is 11.3 Å². The molecule has 1 aromatic carbocycles. The van der Waals surface area contributed by atoms with Crippen molar-refractivity contribution < 1.29 is 4.79 Å². The van der Waals surface area contributed by atoms with Crippen molar-refractivity contribution in [2.45, 2.75) is 6.42 Å². The fraction of sp³-hybridized carbons (Fsp3) is 0.0769. The first kappa shape index (κ1) is 11.0. The molecule has 4 heteroatoms. The van der Waals surface area contributed by atoms with Crippen LogP contribution in [0.25, 0.3) is 0 Å². The summed E-state index contributed by atoms with van der Waals surface area (Å²) in [6.07, 6.45) is 3.72. The van der Waals surface area contributed by atoms with Crippen LogP contribution in [0.4, 0.5) is 5.69 Å². The van der Waals surface area contributed by atoms with E-state index in [1.54, 1.807) is 30.6 Å². The highest BCUT2D eigenvalue weighted by atomic mass is 16.1. The summed E-state index contributed by atoms with van der Waals surface area (Å²) in [7, 11) is 0. The van der Waals surface area contributed by atoms with Gasteiger partial charge in [-0.05, 0) is 23.8 Å². The van der Waals surface area contributed by atoms with E-state index >= 15 is 0 Å². The highest BCUT2D eigenvalue weighted by Crippen LogP contribution is 2.11. The first-order valence-electron chi connectivity index (χ1n) is 5.19. The molecule has 2 aromatic rings. The Morgan fingerprint density at radius 3 is 2.65 bits per heavy atom. The van der Waals surface area contributed by atoms with Crippen molar-refractivity contribution in [3.05, 3.63) is 53.9 Å². The molecule has 84 valence electrons. The zero-order valence-electron chi connectivity index (χ0n) is 9.10. The molecule has 0 aliphatic carbocycles. The third-order valence-corrected chi connectivity index (χ3v) is 2.36. The van der Waals surface area contributed by atoms with Crippen LogP contribution in [0.15, 0.2) is 42.7 Å². The summed E-state index contributed by atoms with van der Waals surface area (Å²) in [6, 6.07) is 11.0. The predicted molar refractivity (Wildman–Crippen MR) is 64.5 cm³/mol. The standard InChI is InChI=1S/C13H11N3O/c14-7-5-10-1-3-12(4-2-10)16-13(17)11-6-8-15-9-11/h1-4,6,8-9,15H,5H2,(H,16,17). The van der Waals surface area contributed by atoms with Crippen molar-refractivity contribution >= 4 is 11.6 Å². The van der Waals surface area contributed by atoms with Gasteiger partial charge in [0.15, 0.2) is 0 Å². The van der Waals surface area contributed by atoms with Gasteiger partial charge in [0, 0.05) is 18.1 Å². The summed E-state index contributed by atoms with van der Waals surface area (Å²) in [5.74, 6) is -0.153. The van der Waals surface area contributed by atoms with Crippen LogP contribution in [0.5, 0.6) is 0 Å². The number of aromatic amines is 1. The summed E-state index contributed by atoms with van der Waals surface area (Å²) < 4.78 is 0. The number of anilines is 1. The Bertz CT molecular complexity index is 535. The first-order valence-corrected chi connectivity index (χ1v) is 5.19. The van der Waals surface area contributed by atoms with E-state index in [-0.39, 0.29) is 5.91 Å². The van der Waals surface area contributed by atoms with Crippen molar-refractivity contribution in [1.82, 2.24) is 4.98 Å². The van der Waals surface area contributed by atoms with Gasteiger partial charge in [0.1, 0.15) is 0 Å². The lowest BCUT2D eigenvalue weighted by molar-refractivity contribution is 0.102. The normalized spacial score (nSPS) is 9.59. The summed E-state index contributed by atoms with van der Waals surface area (Å²) in [5, 5.41) is 11.3. The summed E-state index contributed by atoms with van der Waals surface area (Å²) in [6.45, 7) is 0. The number of nitriles is 1. The van der Waals surface area contributed by atoms with Crippen molar-refractivity contribution in [2.75, 3.05) is 5.32 Å². The van der Waals surface area contributed by atoms with E-state index in [1.807, 2.05) is 12.1 Å². The van der Waals surface area contributed by atoms with Gasteiger partial charge in [-0.2, -0.15) is 5.26 Å². The van der Waals surface area contributed by atoms with Gasteiger partial charge in [0.05, 0.1) is 18.1 Å². The largest absolute Gasteiger partial charge is 0.367 e. The smallest absolute Gasteiger partial charge is 0.257 e. The second-order valence-electron chi connectivity index (χ2n) is 3.59. The van der Waals surface area contributed by atoms with E-state index in [4.69, 9.17) is 5.26 Å². The molecule has 0 fully saturated rings. The average molecular weight is 225 g/mol. The Balaban J connectivity index is 2.05. The molecule has 0 saturated carbocycles.